The molecule has 1 fully saturated rings. The van der Waals surface area contributed by atoms with E-state index in [0.717, 1.165) is 0 Å². The highest BCUT2D eigenvalue weighted by Crippen LogP contribution is 2.34. The maximum Gasteiger partial charge on any atom is 0.407 e. The molecular weight excluding hydrogens is 220 g/mol. The second-order valence-electron chi connectivity index (χ2n) is 5.69. The highest BCUT2D eigenvalue weighted by Gasteiger charge is 2.40. The molecule has 2 unspecified atom stereocenters. The van der Waals surface area contributed by atoms with E-state index in [4.69, 9.17) is 0 Å². The molecular formula is C12H22N2O3. The number of hydrogen-bond acceptors (Lipinski definition) is 2. The van der Waals surface area contributed by atoms with Gasteiger partial charge in [0.25, 0.3) is 0 Å². The van der Waals surface area contributed by atoms with Crippen molar-refractivity contribution in [3.05, 3.63) is 0 Å². The lowest BCUT2D eigenvalue weighted by Gasteiger charge is -2.44. The maximum atomic E-state index is 11.6. The van der Waals surface area contributed by atoms with E-state index < -0.39 is 6.09 Å². The Morgan fingerprint density at radius 1 is 1.35 bits per heavy atom. The van der Waals surface area contributed by atoms with Gasteiger partial charge >= 0.3 is 6.09 Å². The summed E-state index contributed by atoms with van der Waals surface area (Å²) in [5, 5.41) is 11.8. The molecule has 2 amide bonds. The van der Waals surface area contributed by atoms with E-state index in [0.29, 0.717) is 19.4 Å². The van der Waals surface area contributed by atoms with Crippen molar-refractivity contribution >= 4 is 12.0 Å². The van der Waals surface area contributed by atoms with Gasteiger partial charge in [-0.2, -0.15) is 0 Å². The zero-order valence-corrected chi connectivity index (χ0v) is 11.0. The van der Waals surface area contributed by atoms with Crippen LogP contribution in [0.2, 0.25) is 0 Å². The van der Waals surface area contributed by atoms with Crippen LogP contribution in [0.4, 0.5) is 4.79 Å². The smallest absolute Gasteiger partial charge is 0.407 e. The average Bonchev–Trinajstić information content (AvgIpc) is 2.25. The third-order valence-electron chi connectivity index (χ3n) is 3.47. The molecule has 1 rings (SSSR count). The quantitative estimate of drug-likeness (QED) is 0.732. The molecule has 0 bridgehead atoms. The summed E-state index contributed by atoms with van der Waals surface area (Å²) in [5.74, 6) is -0.0517. The Kier molecular flexibility index (Phi) is 4.01. The number of piperidine rings is 1. The monoisotopic (exact) mass is 242 g/mol. The molecule has 0 aromatic heterocycles. The lowest BCUT2D eigenvalue weighted by molar-refractivity contribution is -0.127. The number of nitrogens with one attached hydrogen (secondary N) is 1. The van der Waals surface area contributed by atoms with Crippen molar-refractivity contribution in [2.24, 2.45) is 11.3 Å². The van der Waals surface area contributed by atoms with Crippen molar-refractivity contribution in [3.63, 3.8) is 0 Å². The Morgan fingerprint density at radius 3 is 2.35 bits per heavy atom. The second-order valence-corrected chi connectivity index (χ2v) is 5.69. The lowest BCUT2D eigenvalue weighted by atomic mass is 9.77. The first-order valence-electron chi connectivity index (χ1n) is 5.98. The van der Waals surface area contributed by atoms with E-state index in [1.807, 2.05) is 20.8 Å². The third kappa shape index (κ3) is 3.11. The third-order valence-corrected chi connectivity index (χ3v) is 3.47. The van der Waals surface area contributed by atoms with Gasteiger partial charge in [-0.05, 0) is 18.3 Å². The summed E-state index contributed by atoms with van der Waals surface area (Å²) >= 11 is 0. The van der Waals surface area contributed by atoms with Gasteiger partial charge in [0, 0.05) is 25.6 Å². The van der Waals surface area contributed by atoms with Crippen LogP contribution in [0.5, 0.6) is 0 Å². The number of carbonyl (C=O) groups excluding carboxylic acids is 1. The van der Waals surface area contributed by atoms with Crippen LogP contribution in [0.1, 0.15) is 33.6 Å². The first-order valence-corrected chi connectivity index (χ1v) is 5.98. The SMILES string of the molecule is CNC(=O)C1CCN(C(=O)O)C(C(C)(C)C)C1. The van der Waals surface area contributed by atoms with Crippen LogP contribution in [0.15, 0.2) is 0 Å². The van der Waals surface area contributed by atoms with Gasteiger partial charge in [-0.25, -0.2) is 4.79 Å². The molecule has 0 saturated carbocycles. The van der Waals surface area contributed by atoms with E-state index in [1.165, 1.54) is 4.90 Å². The first-order chi connectivity index (χ1) is 7.77. The van der Waals surface area contributed by atoms with Crippen LogP contribution in [-0.2, 0) is 4.79 Å². The fourth-order valence-electron chi connectivity index (χ4n) is 2.46. The Hall–Kier alpha value is -1.26. The Bertz CT molecular complexity index is 309. The molecule has 1 saturated heterocycles. The molecule has 1 heterocycles. The molecule has 98 valence electrons. The molecule has 0 aromatic rings. The van der Waals surface area contributed by atoms with Gasteiger partial charge in [0.2, 0.25) is 5.91 Å². The summed E-state index contributed by atoms with van der Waals surface area (Å²) in [6.07, 6.45) is 0.328. The minimum atomic E-state index is -0.889. The molecule has 1 aliphatic rings. The van der Waals surface area contributed by atoms with Gasteiger partial charge in [-0.1, -0.05) is 20.8 Å². The Morgan fingerprint density at radius 2 is 1.94 bits per heavy atom. The summed E-state index contributed by atoms with van der Waals surface area (Å²) in [4.78, 5) is 24.3. The van der Waals surface area contributed by atoms with Crippen molar-refractivity contribution < 1.29 is 14.7 Å². The molecule has 0 aliphatic carbocycles. The van der Waals surface area contributed by atoms with Gasteiger partial charge in [0.05, 0.1) is 0 Å². The molecule has 5 heteroatoms. The van der Waals surface area contributed by atoms with Crippen molar-refractivity contribution in [2.75, 3.05) is 13.6 Å². The van der Waals surface area contributed by atoms with Gasteiger partial charge < -0.3 is 15.3 Å². The number of likely N-dealkylation sites (tertiary alicyclic amines) is 1. The van der Waals surface area contributed by atoms with Gasteiger partial charge in [0.15, 0.2) is 0 Å². The van der Waals surface area contributed by atoms with Crippen LogP contribution >= 0.6 is 0 Å². The fraction of sp³-hybridized carbons (Fsp3) is 0.833. The average molecular weight is 242 g/mol. The normalized spacial score (nSPS) is 25.5. The minimum absolute atomic E-state index is 0.0179. The van der Waals surface area contributed by atoms with E-state index in [9.17, 15) is 14.7 Å². The lowest BCUT2D eigenvalue weighted by Crippen LogP contribution is -2.53. The molecule has 2 N–H and O–H groups in total. The van der Waals surface area contributed by atoms with Crippen LogP contribution in [0.25, 0.3) is 0 Å². The largest absolute Gasteiger partial charge is 0.465 e. The zero-order valence-electron chi connectivity index (χ0n) is 11.0. The molecule has 1 aliphatic heterocycles. The van der Waals surface area contributed by atoms with Crippen LogP contribution < -0.4 is 5.32 Å². The topological polar surface area (TPSA) is 69.6 Å². The molecule has 2 atom stereocenters. The summed E-state index contributed by atoms with van der Waals surface area (Å²) in [5.41, 5.74) is -0.148. The summed E-state index contributed by atoms with van der Waals surface area (Å²) in [6.45, 7) is 6.48. The van der Waals surface area contributed by atoms with Crippen molar-refractivity contribution in [1.29, 1.82) is 0 Å². The van der Waals surface area contributed by atoms with E-state index in [1.54, 1.807) is 7.05 Å². The number of rotatable bonds is 1. The standard InChI is InChI=1S/C12H22N2O3/c1-12(2,3)9-7-8(10(15)13-4)5-6-14(9)11(16)17/h8-9H,5-7H2,1-4H3,(H,13,15)(H,16,17). The highest BCUT2D eigenvalue weighted by molar-refractivity contribution is 5.78. The van der Waals surface area contributed by atoms with Crippen molar-refractivity contribution in [1.82, 2.24) is 10.2 Å². The van der Waals surface area contributed by atoms with Crippen LogP contribution in [0.3, 0.4) is 0 Å². The minimum Gasteiger partial charge on any atom is -0.465 e. The molecule has 0 radical (unpaired) electrons. The van der Waals surface area contributed by atoms with Gasteiger partial charge in [-0.15, -0.1) is 0 Å². The molecule has 0 aromatic carbocycles. The Balaban J connectivity index is 2.84. The molecule has 5 nitrogen and oxygen atoms in total. The zero-order chi connectivity index (χ0) is 13.2. The number of nitrogens with zero attached hydrogens (tertiary/aromatic N) is 1. The highest BCUT2D eigenvalue weighted by atomic mass is 16.4. The van der Waals surface area contributed by atoms with E-state index in [2.05, 4.69) is 5.32 Å². The molecule has 17 heavy (non-hydrogen) atoms. The van der Waals surface area contributed by atoms with Crippen LogP contribution in [0, 0.1) is 11.3 Å². The fourth-order valence-corrected chi connectivity index (χ4v) is 2.46. The van der Waals surface area contributed by atoms with Crippen molar-refractivity contribution in [3.8, 4) is 0 Å². The number of hydrogen-bond donors (Lipinski definition) is 2. The molecule has 0 spiro atoms. The number of carbonyl (C=O) groups is 2. The maximum absolute atomic E-state index is 11.6. The summed E-state index contributed by atoms with van der Waals surface area (Å²) < 4.78 is 0. The number of amides is 2. The van der Waals surface area contributed by atoms with Gasteiger partial charge in [0.1, 0.15) is 0 Å². The Labute approximate surface area is 102 Å². The van der Waals surface area contributed by atoms with Crippen molar-refractivity contribution in [2.45, 2.75) is 39.7 Å². The predicted molar refractivity (Wildman–Crippen MR) is 64.8 cm³/mol. The van der Waals surface area contributed by atoms with E-state index in [-0.39, 0.29) is 23.3 Å². The summed E-state index contributed by atoms with van der Waals surface area (Å²) in [7, 11) is 1.62. The van der Waals surface area contributed by atoms with E-state index >= 15 is 0 Å². The van der Waals surface area contributed by atoms with Crippen LogP contribution in [-0.4, -0.2) is 41.6 Å². The predicted octanol–water partition coefficient (Wildman–Crippen LogP) is 1.54. The first kappa shape index (κ1) is 13.8. The summed E-state index contributed by atoms with van der Waals surface area (Å²) in [6, 6.07) is -0.101. The van der Waals surface area contributed by atoms with Gasteiger partial charge in [-0.3, -0.25) is 4.79 Å². The second kappa shape index (κ2) is 4.94. The number of carboxylic acid groups (broad SMARTS) is 1.